The molecule has 0 amide bonds. The minimum Gasteiger partial charge on any atom is -0.473 e. The molecule has 3 N–H and O–H groups in total. The van der Waals surface area contributed by atoms with Gasteiger partial charge < -0.3 is 20.4 Å². The van der Waals surface area contributed by atoms with Gasteiger partial charge in [0.05, 0.1) is 0 Å². The minimum absolute atomic E-state index is 0.904. The predicted octanol–water partition coefficient (Wildman–Crippen LogP) is 2.51. The van der Waals surface area contributed by atoms with E-state index in [4.69, 9.17) is 19.8 Å². The second kappa shape index (κ2) is 10.1. The van der Waals surface area contributed by atoms with Gasteiger partial charge in [-0.25, -0.2) is 9.59 Å². The molecule has 0 atom stereocenters. The van der Waals surface area contributed by atoms with Crippen molar-refractivity contribution in [1.82, 2.24) is 5.32 Å². The smallest absolute Gasteiger partial charge is 0.414 e. The summed E-state index contributed by atoms with van der Waals surface area (Å²) in [5.74, 6) is -3.65. The molecule has 0 spiro atoms. The third kappa shape index (κ3) is 7.99. The fourth-order valence-electron chi connectivity index (χ4n) is 1.97. The molecule has 0 saturated heterocycles. The van der Waals surface area contributed by atoms with E-state index >= 15 is 0 Å². The number of rotatable bonds is 5. The van der Waals surface area contributed by atoms with E-state index in [1.54, 1.807) is 0 Å². The fourth-order valence-corrected chi connectivity index (χ4v) is 1.97. The Morgan fingerprint density at radius 2 is 1.24 bits per heavy atom. The maximum atomic E-state index is 9.10. The maximum absolute atomic E-state index is 9.10. The van der Waals surface area contributed by atoms with Crippen LogP contribution < -0.4 is 10.2 Å². The molecule has 6 nitrogen and oxygen atoms in total. The summed E-state index contributed by atoms with van der Waals surface area (Å²) in [5, 5.41) is 18.3. The highest BCUT2D eigenvalue weighted by Crippen LogP contribution is 2.12. The van der Waals surface area contributed by atoms with Crippen LogP contribution in [-0.2, 0) is 22.7 Å². The molecule has 0 unspecified atom stereocenters. The van der Waals surface area contributed by atoms with Crippen molar-refractivity contribution in [1.29, 1.82) is 0 Å². The highest BCUT2D eigenvalue weighted by Gasteiger charge is 2.04. The summed E-state index contributed by atoms with van der Waals surface area (Å²) in [5.41, 5.74) is 5.19. The number of nitrogens with one attached hydrogen (secondary N) is 1. The number of carbonyl (C=O) groups is 2. The monoisotopic (exact) mass is 344 g/mol. The molecule has 0 aliphatic carbocycles. The van der Waals surface area contributed by atoms with Crippen molar-refractivity contribution < 1.29 is 19.8 Å². The normalized spacial score (nSPS) is 9.72. The lowest BCUT2D eigenvalue weighted by molar-refractivity contribution is -0.159. The third-order valence-electron chi connectivity index (χ3n) is 3.41. The Kier molecular flexibility index (Phi) is 8.15. The van der Waals surface area contributed by atoms with E-state index in [9.17, 15) is 0 Å². The number of aliphatic carboxylic acids is 2. The first kappa shape index (κ1) is 20.2. The van der Waals surface area contributed by atoms with E-state index in [2.05, 4.69) is 79.8 Å². The SMILES string of the molecule is Cc1ccc(CNCc2ccc(N(C)C)cc2)cc1.O=C(O)C(=O)O. The number of carboxylic acids is 2. The Labute approximate surface area is 147 Å². The van der Waals surface area contributed by atoms with E-state index < -0.39 is 11.9 Å². The number of benzene rings is 2. The third-order valence-corrected chi connectivity index (χ3v) is 3.41. The van der Waals surface area contributed by atoms with Crippen LogP contribution in [0.3, 0.4) is 0 Å². The van der Waals surface area contributed by atoms with Crippen LogP contribution in [0, 0.1) is 6.92 Å². The number of anilines is 1. The van der Waals surface area contributed by atoms with E-state index in [0.717, 1.165) is 13.1 Å². The van der Waals surface area contributed by atoms with Gasteiger partial charge in [0.2, 0.25) is 0 Å². The number of carboxylic acid groups (broad SMARTS) is 2. The van der Waals surface area contributed by atoms with E-state index in [0.29, 0.717) is 0 Å². The van der Waals surface area contributed by atoms with Gasteiger partial charge in [0.1, 0.15) is 0 Å². The van der Waals surface area contributed by atoms with Crippen molar-refractivity contribution in [2.45, 2.75) is 20.0 Å². The van der Waals surface area contributed by atoms with E-state index in [-0.39, 0.29) is 0 Å². The summed E-state index contributed by atoms with van der Waals surface area (Å²) in [6.45, 7) is 3.93. The molecule has 2 aromatic carbocycles. The molecular formula is C19H24N2O4. The highest BCUT2D eigenvalue weighted by atomic mass is 16.4. The molecule has 0 aromatic heterocycles. The summed E-state index contributed by atoms with van der Waals surface area (Å²) in [7, 11) is 4.12. The summed E-state index contributed by atoms with van der Waals surface area (Å²) in [6, 6.07) is 17.3. The Morgan fingerprint density at radius 1 is 0.840 bits per heavy atom. The second-order valence-corrected chi connectivity index (χ2v) is 5.76. The van der Waals surface area contributed by atoms with Gasteiger partial charge in [-0.3, -0.25) is 0 Å². The molecule has 2 rings (SSSR count). The first-order valence-electron chi connectivity index (χ1n) is 7.78. The van der Waals surface area contributed by atoms with E-state index in [1.165, 1.54) is 22.4 Å². The topological polar surface area (TPSA) is 89.9 Å². The van der Waals surface area contributed by atoms with Crippen molar-refractivity contribution in [3.63, 3.8) is 0 Å². The zero-order valence-electron chi connectivity index (χ0n) is 14.7. The molecule has 0 saturated carbocycles. The molecule has 0 radical (unpaired) electrons. The molecule has 0 heterocycles. The molecule has 0 fully saturated rings. The zero-order chi connectivity index (χ0) is 18.8. The lowest BCUT2D eigenvalue weighted by atomic mass is 10.1. The van der Waals surface area contributed by atoms with Crippen molar-refractivity contribution in [3.8, 4) is 0 Å². The standard InChI is InChI=1S/C17H22N2.C2H2O4/c1-14-4-6-15(7-5-14)12-18-13-16-8-10-17(11-9-16)19(2)3;3-1(4)2(5)6/h4-11,18H,12-13H2,1-3H3;(H,3,4)(H,5,6). The first-order valence-corrected chi connectivity index (χ1v) is 7.78. The van der Waals surface area contributed by atoms with Gasteiger partial charge >= 0.3 is 11.9 Å². The lowest BCUT2D eigenvalue weighted by Crippen LogP contribution is -2.13. The number of hydrogen-bond donors (Lipinski definition) is 3. The zero-order valence-corrected chi connectivity index (χ0v) is 14.7. The molecule has 0 aliphatic rings. The Hall–Kier alpha value is -2.86. The van der Waals surface area contributed by atoms with Crippen LogP contribution in [0.25, 0.3) is 0 Å². The molecular weight excluding hydrogens is 320 g/mol. The predicted molar refractivity (Wildman–Crippen MR) is 97.8 cm³/mol. The van der Waals surface area contributed by atoms with Gasteiger partial charge in [-0.2, -0.15) is 0 Å². The Balaban J connectivity index is 0.000000450. The van der Waals surface area contributed by atoms with Crippen LogP contribution >= 0.6 is 0 Å². The first-order chi connectivity index (χ1) is 11.8. The molecule has 0 aliphatic heterocycles. The lowest BCUT2D eigenvalue weighted by Gasteiger charge is -2.13. The van der Waals surface area contributed by atoms with Gasteiger partial charge in [0.15, 0.2) is 0 Å². The van der Waals surface area contributed by atoms with Gasteiger partial charge in [0, 0.05) is 32.9 Å². The number of aryl methyl sites for hydroxylation is 1. The molecule has 6 heteroatoms. The minimum atomic E-state index is -1.82. The Bertz CT molecular complexity index is 668. The average molecular weight is 344 g/mol. The summed E-state index contributed by atoms with van der Waals surface area (Å²) in [4.78, 5) is 20.3. The van der Waals surface area contributed by atoms with Gasteiger partial charge in [0.25, 0.3) is 0 Å². The van der Waals surface area contributed by atoms with Crippen LogP contribution in [0.4, 0.5) is 5.69 Å². The molecule has 0 bridgehead atoms. The number of hydrogen-bond acceptors (Lipinski definition) is 4. The number of nitrogens with zero attached hydrogens (tertiary/aromatic N) is 1. The maximum Gasteiger partial charge on any atom is 0.414 e. The summed E-state index contributed by atoms with van der Waals surface area (Å²) >= 11 is 0. The second-order valence-electron chi connectivity index (χ2n) is 5.76. The van der Waals surface area contributed by atoms with E-state index in [1.807, 2.05) is 0 Å². The van der Waals surface area contributed by atoms with Crippen molar-refractivity contribution in [2.75, 3.05) is 19.0 Å². The molecule has 25 heavy (non-hydrogen) atoms. The van der Waals surface area contributed by atoms with Crippen LogP contribution in [0.15, 0.2) is 48.5 Å². The van der Waals surface area contributed by atoms with Crippen LogP contribution in [-0.4, -0.2) is 36.2 Å². The largest absolute Gasteiger partial charge is 0.473 e. The summed E-state index contributed by atoms with van der Waals surface area (Å²) < 4.78 is 0. The molecule has 2 aromatic rings. The highest BCUT2D eigenvalue weighted by molar-refractivity contribution is 6.27. The van der Waals surface area contributed by atoms with Gasteiger partial charge in [-0.05, 0) is 30.2 Å². The fraction of sp³-hybridized carbons (Fsp3) is 0.263. The van der Waals surface area contributed by atoms with Crippen molar-refractivity contribution in [2.24, 2.45) is 0 Å². The van der Waals surface area contributed by atoms with Crippen molar-refractivity contribution in [3.05, 3.63) is 65.2 Å². The van der Waals surface area contributed by atoms with Crippen molar-refractivity contribution >= 4 is 17.6 Å². The van der Waals surface area contributed by atoms with Gasteiger partial charge in [-0.1, -0.05) is 42.0 Å². The van der Waals surface area contributed by atoms with Crippen LogP contribution in [0.1, 0.15) is 16.7 Å². The van der Waals surface area contributed by atoms with Crippen LogP contribution in [0.5, 0.6) is 0 Å². The molecule has 134 valence electrons. The van der Waals surface area contributed by atoms with Gasteiger partial charge in [-0.15, -0.1) is 0 Å². The average Bonchev–Trinajstić information content (AvgIpc) is 2.57. The summed E-state index contributed by atoms with van der Waals surface area (Å²) in [6.07, 6.45) is 0. The quantitative estimate of drug-likeness (QED) is 0.722. The Morgan fingerprint density at radius 3 is 1.60 bits per heavy atom. The van der Waals surface area contributed by atoms with Crippen LogP contribution in [0.2, 0.25) is 0 Å².